The van der Waals surface area contributed by atoms with Gasteiger partial charge < -0.3 is 18.8 Å². The number of alkyl carbamates (subject to hydrolysis) is 1. The first-order valence-corrected chi connectivity index (χ1v) is 20.9. The van der Waals surface area contributed by atoms with Gasteiger partial charge in [0, 0.05) is 37.3 Å². The van der Waals surface area contributed by atoms with Gasteiger partial charge in [-0.2, -0.15) is 0 Å². The van der Waals surface area contributed by atoms with Crippen LogP contribution < -0.4 is 5.32 Å². The third kappa shape index (κ3) is 12.5. The van der Waals surface area contributed by atoms with Gasteiger partial charge >= 0.3 is 12.1 Å². The highest BCUT2D eigenvalue weighted by Gasteiger charge is 2.37. The maximum Gasteiger partial charge on any atom is 0.413 e. The van der Waals surface area contributed by atoms with E-state index in [1.165, 1.54) is 0 Å². The van der Waals surface area contributed by atoms with E-state index in [0.717, 1.165) is 47.9 Å². The van der Waals surface area contributed by atoms with Gasteiger partial charge in [0.2, 0.25) is 5.91 Å². The second-order valence-electron chi connectivity index (χ2n) is 15.5. The summed E-state index contributed by atoms with van der Waals surface area (Å²) in [6.07, 6.45) is 5.01. The number of hydrogen-bond donors (Lipinski definition) is 1. The number of nitrogens with one attached hydrogen (secondary N) is 1. The number of unbranched alkanes of at least 4 members (excludes halogenated alkanes) is 1. The molecule has 274 valence electrons. The first kappa shape index (κ1) is 40.7. The largest absolute Gasteiger partial charge is 0.465 e. The van der Waals surface area contributed by atoms with E-state index in [2.05, 4.69) is 53.0 Å². The van der Waals surface area contributed by atoms with E-state index >= 15 is 0 Å². The molecule has 1 N–H and O–H groups in total. The maximum atomic E-state index is 14.1. The van der Waals surface area contributed by atoms with Gasteiger partial charge in [-0.05, 0) is 87.0 Å². The Morgan fingerprint density at radius 1 is 0.880 bits per heavy atom. The van der Waals surface area contributed by atoms with E-state index in [9.17, 15) is 14.4 Å². The molecule has 0 aromatic heterocycles. The molecule has 0 saturated carbocycles. The van der Waals surface area contributed by atoms with Gasteiger partial charge in [-0.25, -0.2) is 9.79 Å². The minimum absolute atomic E-state index is 0.0846. The number of carbonyl (C=O) groups excluding carboxylic acids is 3. The molecule has 1 aliphatic heterocycles. The molecule has 0 unspecified atom stereocenters. The number of amides is 2. The average molecular weight is 706 g/mol. The van der Waals surface area contributed by atoms with Gasteiger partial charge in [0.05, 0.1) is 18.7 Å². The zero-order valence-electron chi connectivity index (χ0n) is 32.0. The highest BCUT2D eigenvalue weighted by atomic mass is 28.4. The van der Waals surface area contributed by atoms with Gasteiger partial charge in [0.15, 0.2) is 8.32 Å². The number of aliphatic imine (C=N–C) groups is 1. The number of esters is 1. The van der Waals surface area contributed by atoms with Gasteiger partial charge in [-0.15, -0.1) is 0 Å². The Labute approximate surface area is 301 Å². The Morgan fingerprint density at radius 3 is 2.18 bits per heavy atom. The van der Waals surface area contributed by atoms with Crippen molar-refractivity contribution in [3.8, 4) is 11.1 Å². The monoisotopic (exact) mass is 705 g/mol. The molecule has 0 aliphatic carbocycles. The number of rotatable bonds is 14. The predicted molar refractivity (Wildman–Crippen MR) is 205 cm³/mol. The third-order valence-electron chi connectivity index (χ3n) is 8.91. The predicted octanol–water partition coefficient (Wildman–Crippen LogP) is 9.23. The van der Waals surface area contributed by atoms with Gasteiger partial charge in [0.1, 0.15) is 11.4 Å². The van der Waals surface area contributed by atoms with Gasteiger partial charge in [-0.1, -0.05) is 77.4 Å². The van der Waals surface area contributed by atoms with E-state index in [4.69, 9.17) is 18.9 Å². The summed E-state index contributed by atoms with van der Waals surface area (Å²) >= 11 is 0. The second kappa shape index (κ2) is 17.9. The standard InChI is InChI=1S/C40H59N3O6Si/c1-11-13-23-47-36(44)25-29-15-17-30(18-16-29)31-19-20-32-26-33(28-35(41-34(32)27-31)42-38(46)49-39(3,4)5)37(45)43(21-12-2)22-14-24-48-50(9,10)40(6,7)8/h15-20,26-27H,11-14,21-25,28H2,1-10H3,(H,41,42,46). The number of amidine groups is 1. The number of carbonyl (C=O) groups is 3. The van der Waals surface area contributed by atoms with Crippen LogP contribution in [-0.2, 0) is 29.9 Å². The summed E-state index contributed by atoms with van der Waals surface area (Å²) < 4.78 is 17.2. The molecule has 0 bridgehead atoms. The Bertz CT molecular complexity index is 1530. The summed E-state index contributed by atoms with van der Waals surface area (Å²) in [7, 11) is -1.89. The zero-order valence-corrected chi connectivity index (χ0v) is 33.0. The summed E-state index contributed by atoms with van der Waals surface area (Å²) in [4.78, 5) is 45.9. The molecular formula is C40H59N3O6Si. The van der Waals surface area contributed by atoms with Crippen molar-refractivity contribution in [1.82, 2.24) is 10.2 Å². The van der Waals surface area contributed by atoms with Crippen LogP contribution in [0.15, 0.2) is 53.0 Å². The summed E-state index contributed by atoms with van der Waals surface area (Å²) in [5, 5.41) is 2.94. The highest BCUT2D eigenvalue weighted by Crippen LogP contribution is 2.37. The molecule has 1 heterocycles. The molecule has 2 aromatic carbocycles. The Balaban J connectivity index is 1.88. The first-order chi connectivity index (χ1) is 23.4. The number of ether oxygens (including phenoxy) is 2. The van der Waals surface area contributed by atoms with Crippen LogP contribution in [0.5, 0.6) is 0 Å². The van der Waals surface area contributed by atoms with Crippen molar-refractivity contribution in [2.75, 3.05) is 26.3 Å². The van der Waals surface area contributed by atoms with E-state index in [0.29, 0.717) is 43.4 Å². The molecule has 0 atom stereocenters. The summed E-state index contributed by atoms with van der Waals surface area (Å²) in [5.74, 6) is 0.0210. The lowest BCUT2D eigenvalue weighted by Gasteiger charge is -2.36. The van der Waals surface area contributed by atoms with Crippen molar-refractivity contribution in [3.63, 3.8) is 0 Å². The summed E-state index contributed by atoms with van der Waals surface area (Å²) in [6, 6.07) is 13.7. The third-order valence-corrected chi connectivity index (χ3v) is 13.5. The number of fused-ring (bicyclic) bond motifs is 1. The number of nitrogens with zero attached hydrogens (tertiary/aromatic N) is 2. The molecule has 2 amide bonds. The molecule has 2 aromatic rings. The van der Waals surface area contributed by atoms with Crippen molar-refractivity contribution < 1.29 is 28.3 Å². The quantitative estimate of drug-likeness (QED) is 0.119. The smallest absolute Gasteiger partial charge is 0.413 e. The minimum Gasteiger partial charge on any atom is -0.465 e. The Morgan fingerprint density at radius 2 is 1.56 bits per heavy atom. The molecule has 50 heavy (non-hydrogen) atoms. The molecule has 1 aliphatic rings. The van der Waals surface area contributed by atoms with Crippen molar-refractivity contribution in [3.05, 3.63) is 59.2 Å². The van der Waals surface area contributed by atoms with Crippen molar-refractivity contribution in [2.45, 2.75) is 118 Å². The topological polar surface area (TPSA) is 107 Å². The lowest BCUT2D eigenvalue weighted by atomic mass is 9.99. The van der Waals surface area contributed by atoms with Crippen LogP contribution in [0.3, 0.4) is 0 Å². The summed E-state index contributed by atoms with van der Waals surface area (Å²) in [6.45, 7) is 22.9. The maximum absolute atomic E-state index is 14.1. The minimum atomic E-state index is -1.89. The number of benzene rings is 2. The average Bonchev–Trinajstić information content (AvgIpc) is 3.19. The lowest BCUT2D eigenvalue weighted by molar-refractivity contribution is -0.142. The van der Waals surface area contributed by atoms with Crippen molar-refractivity contribution in [2.24, 2.45) is 4.99 Å². The SMILES string of the molecule is CCCCOC(=O)Cc1ccc(-c2ccc3c(c2)N=C(NC(=O)OC(C)(C)C)CC(C(=O)N(CCC)CCCO[Si](C)(C)C(C)(C)C)=C3)cc1. The van der Waals surface area contributed by atoms with Crippen LogP contribution in [0.4, 0.5) is 10.5 Å². The molecule has 0 fully saturated rings. The fraction of sp³-hybridized carbons (Fsp3) is 0.550. The van der Waals surface area contributed by atoms with E-state index in [1.54, 1.807) is 20.8 Å². The summed E-state index contributed by atoms with van der Waals surface area (Å²) in [5.41, 5.74) is 4.00. The Hall–Kier alpha value is -3.76. The van der Waals surface area contributed by atoms with Crippen molar-refractivity contribution >= 4 is 43.9 Å². The molecule has 9 nitrogen and oxygen atoms in total. The van der Waals surface area contributed by atoms with Crippen LogP contribution in [-0.4, -0.2) is 68.9 Å². The fourth-order valence-corrected chi connectivity index (χ4v) is 6.21. The van der Waals surface area contributed by atoms with E-state index in [-0.39, 0.29) is 29.8 Å². The second-order valence-corrected chi connectivity index (χ2v) is 20.3. The van der Waals surface area contributed by atoms with Crippen LogP contribution in [0.2, 0.25) is 18.1 Å². The molecular weight excluding hydrogens is 647 g/mol. The van der Waals surface area contributed by atoms with Crippen LogP contribution in [0.1, 0.15) is 98.6 Å². The van der Waals surface area contributed by atoms with Crippen LogP contribution in [0.25, 0.3) is 17.2 Å². The van der Waals surface area contributed by atoms with E-state index < -0.39 is 20.0 Å². The zero-order chi connectivity index (χ0) is 37.1. The first-order valence-electron chi connectivity index (χ1n) is 18.0. The molecule has 3 rings (SSSR count). The normalized spacial score (nSPS) is 13.4. The molecule has 0 spiro atoms. The lowest BCUT2D eigenvalue weighted by Crippen LogP contribution is -2.42. The number of hydrogen-bond acceptors (Lipinski definition) is 7. The van der Waals surface area contributed by atoms with Crippen molar-refractivity contribution in [1.29, 1.82) is 0 Å². The van der Waals surface area contributed by atoms with E-state index in [1.807, 2.05) is 53.4 Å². The van der Waals surface area contributed by atoms with Crippen LogP contribution >= 0.6 is 0 Å². The molecule has 10 heteroatoms. The molecule has 0 radical (unpaired) electrons. The molecule has 0 saturated heterocycles. The van der Waals surface area contributed by atoms with Gasteiger partial charge in [0.25, 0.3) is 0 Å². The Kier molecular flexibility index (Phi) is 14.6. The highest BCUT2D eigenvalue weighted by molar-refractivity contribution is 6.74. The fourth-order valence-electron chi connectivity index (χ4n) is 5.13. The van der Waals surface area contributed by atoms with Crippen LogP contribution in [0, 0.1) is 0 Å². The van der Waals surface area contributed by atoms with Gasteiger partial charge in [-0.3, -0.25) is 14.9 Å².